The predicted molar refractivity (Wildman–Crippen MR) is 70.1 cm³/mol. The maximum Gasteiger partial charge on any atom is 0.0389 e. The third-order valence-electron chi connectivity index (χ3n) is 2.42. The van der Waals surface area contributed by atoms with Crippen LogP contribution in [0, 0.1) is 13.8 Å². The predicted octanol–water partition coefficient (Wildman–Crippen LogP) is 3.63. The van der Waals surface area contributed by atoms with Gasteiger partial charge < -0.3 is 11.1 Å². The van der Waals surface area contributed by atoms with Crippen molar-refractivity contribution in [1.29, 1.82) is 0 Å². The Morgan fingerprint density at radius 3 is 1.94 bits per heavy atom. The highest BCUT2D eigenvalue weighted by molar-refractivity contribution is 5.63. The Kier molecular flexibility index (Phi) is 2.82. The van der Waals surface area contributed by atoms with Crippen molar-refractivity contribution in [3.63, 3.8) is 0 Å². The first-order valence-electron chi connectivity index (χ1n) is 5.34. The Bertz CT molecular complexity index is 466. The second kappa shape index (κ2) is 4.27. The molecule has 3 N–H and O–H groups in total. The van der Waals surface area contributed by atoms with Gasteiger partial charge in [0.15, 0.2) is 0 Å². The molecule has 0 aliphatic heterocycles. The summed E-state index contributed by atoms with van der Waals surface area (Å²) in [7, 11) is 0. The van der Waals surface area contributed by atoms with E-state index >= 15 is 0 Å². The molecule has 0 aromatic heterocycles. The fourth-order valence-corrected chi connectivity index (χ4v) is 1.78. The molecule has 0 fully saturated rings. The van der Waals surface area contributed by atoms with E-state index < -0.39 is 0 Å². The number of nitrogen functional groups attached to an aromatic ring is 1. The van der Waals surface area contributed by atoms with Gasteiger partial charge in [0.2, 0.25) is 0 Å². The average Bonchev–Trinajstić information content (AvgIpc) is 2.20. The molecule has 0 aliphatic carbocycles. The number of aryl methyl sites for hydroxylation is 2. The normalized spacial score (nSPS) is 10.1. The molecule has 2 aromatic rings. The SMILES string of the molecule is Cc1cc(C)cc(Nc2ccc(N)cc2)c1. The summed E-state index contributed by atoms with van der Waals surface area (Å²) < 4.78 is 0. The number of nitrogens with two attached hydrogens (primary N) is 1. The van der Waals surface area contributed by atoms with Gasteiger partial charge in [-0.15, -0.1) is 0 Å². The van der Waals surface area contributed by atoms with Crippen molar-refractivity contribution in [3.05, 3.63) is 53.6 Å². The van der Waals surface area contributed by atoms with Crippen LogP contribution in [-0.2, 0) is 0 Å². The highest BCUT2D eigenvalue weighted by Gasteiger charge is 1.96. The van der Waals surface area contributed by atoms with E-state index in [1.807, 2.05) is 24.3 Å². The maximum atomic E-state index is 5.64. The summed E-state index contributed by atoms with van der Waals surface area (Å²) in [6.07, 6.45) is 0. The number of nitrogens with one attached hydrogen (secondary N) is 1. The summed E-state index contributed by atoms with van der Waals surface area (Å²) in [6.45, 7) is 4.20. The van der Waals surface area contributed by atoms with Crippen molar-refractivity contribution < 1.29 is 0 Å². The van der Waals surface area contributed by atoms with Gasteiger partial charge in [-0.2, -0.15) is 0 Å². The van der Waals surface area contributed by atoms with Crippen LogP contribution in [-0.4, -0.2) is 0 Å². The van der Waals surface area contributed by atoms with Crippen LogP contribution in [0.5, 0.6) is 0 Å². The highest BCUT2D eigenvalue weighted by Crippen LogP contribution is 2.20. The van der Waals surface area contributed by atoms with E-state index in [0.717, 1.165) is 17.1 Å². The standard InChI is InChI=1S/C14H16N2/c1-10-7-11(2)9-14(8-10)16-13-5-3-12(15)4-6-13/h3-9,16H,15H2,1-2H3. The van der Waals surface area contributed by atoms with Crippen molar-refractivity contribution in [1.82, 2.24) is 0 Å². The van der Waals surface area contributed by atoms with E-state index in [4.69, 9.17) is 5.73 Å². The third-order valence-corrected chi connectivity index (χ3v) is 2.42. The van der Waals surface area contributed by atoms with Crippen molar-refractivity contribution in [3.8, 4) is 0 Å². The van der Waals surface area contributed by atoms with Crippen LogP contribution in [0.2, 0.25) is 0 Å². The van der Waals surface area contributed by atoms with Crippen molar-refractivity contribution in [2.75, 3.05) is 11.1 Å². The lowest BCUT2D eigenvalue weighted by molar-refractivity contribution is 1.37. The maximum absolute atomic E-state index is 5.64. The summed E-state index contributed by atoms with van der Waals surface area (Å²) in [5, 5.41) is 3.36. The topological polar surface area (TPSA) is 38.0 Å². The van der Waals surface area contributed by atoms with Gasteiger partial charge in [0.25, 0.3) is 0 Å². The lowest BCUT2D eigenvalue weighted by atomic mass is 10.1. The minimum atomic E-state index is 0.783. The molecule has 0 atom stereocenters. The van der Waals surface area contributed by atoms with Crippen LogP contribution < -0.4 is 11.1 Å². The molecular weight excluding hydrogens is 196 g/mol. The lowest BCUT2D eigenvalue weighted by Gasteiger charge is -2.08. The van der Waals surface area contributed by atoms with Crippen molar-refractivity contribution in [2.24, 2.45) is 0 Å². The molecule has 16 heavy (non-hydrogen) atoms. The van der Waals surface area contributed by atoms with Crippen LogP contribution in [0.15, 0.2) is 42.5 Å². The second-order valence-corrected chi connectivity index (χ2v) is 4.12. The smallest absolute Gasteiger partial charge is 0.0389 e. The Hall–Kier alpha value is -1.96. The van der Waals surface area contributed by atoms with Crippen LogP contribution in [0.1, 0.15) is 11.1 Å². The van der Waals surface area contributed by atoms with E-state index in [9.17, 15) is 0 Å². The van der Waals surface area contributed by atoms with Gasteiger partial charge in [-0.3, -0.25) is 0 Å². The van der Waals surface area contributed by atoms with Crippen molar-refractivity contribution in [2.45, 2.75) is 13.8 Å². The number of anilines is 3. The summed E-state index contributed by atoms with van der Waals surface area (Å²) in [5.41, 5.74) is 11.1. The van der Waals surface area contributed by atoms with E-state index in [2.05, 4.69) is 37.4 Å². The Morgan fingerprint density at radius 1 is 0.812 bits per heavy atom. The molecule has 0 bridgehead atoms. The zero-order valence-electron chi connectivity index (χ0n) is 9.62. The van der Waals surface area contributed by atoms with Crippen molar-refractivity contribution >= 4 is 17.1 Å². The molecular formula is C14H16N2. The summed E-state index contributed by atoms with van der Waals surface area (Å²) in [6, 6.07) is 14.2. The zero-order valence-corrected chi connectivity index (χ0v) is 9.62. The second-order valence-electron chi connectivity index (χ2n) is 4.12. The van der Waals surface area contributed by atoms with Gasteiger partial charge >= 0.3 is 0 Å². The molecule has 2 heteroatoms. The number of rotatable bonds is 2. The van der Waals surface area contributed by atoms with Gasteiger partial charge in [-0.1, -0.05) is 6.07 Å². The largest absolute Gasteiger partial charge is 0.399 e. The number of hydrogen-bond acceptors (Lipinski definition) is 2. The third kappa shape index (κ3) is 2.54. The summed E-state index contributed by atoms with van der Waals surface area (Å²) in [5.74, 6) is 0. The van der Waals surface area contributed by atoms with Crippen LogP contribution in [0.25, 0.3) is 0 Å². The minimum Gasteiger partial charge on any atom is -0.399 e. The first-order valence-corrected chi connectivity index (χ1v) is 5.34. The quantitative estimate of drug-likeness (QED) is 0.746. The zero-order chi connectivity index (χ0) is 11.5. The van der Waals surface area contributed by atoms with E-state index in [1.165, 1.54) is 11.1 Å². The first-order chi connectivity index (χ1) is 7.63. The molecule has 0 unspecified atom stereocenters. The van der Waals surface area contributed by atoms with Gasteiger partial charge in [-0.25, -0.2) is 0 Å². The molecule has 2 aromatic carbocycles. The van der Waals surface area contributed by atoms with Gasteiger partial charge in [0.05, 0.1) is 0 Å². The monoisotopic (exact) mass is 212 g/mol. The molecule has 0 saturated heterocycles. The molecule has 0 amide bonds. The Balaban J connectivity index is 2.23. The molecule has 2 rings (SSSR count). The molecule has 0 saturated carbocycles. The fourth-order valence-electron chi connectivity index (χ4n) is 1.78. The average molecular weight is 212 g/mol. The molecule has 0 heterocycles. The van der Waals surface area contributed by atoms with E-state index in [0.29, 0.717) is 0 Å². The number of benzene rings is 2. The number of hydrogen-bond donors (Lipinski definition) is 2. The minimum absolute atomic E-state index is 0.783. The van der Waals surface area contributed by atoms with Gasteiger partial charge in [0, 0.05) is 17.1 Å². The molecule has 2 nitrogen and oxygen atoms in total. The Labute approximate surface area is 96.1 Å². The first kappa shape index (κ1) is 10.6. The van der Waals surface area contributed by atoms with Crippen LogP contribution in [0.4, 0.5) is 17.1 Å². The molecule has 0 radical (unpaired) electrons. The summed E-state index contributed by atoms with van der Waals surface area (Å²) in [4.78, 5) is 0. The molecule has 82 valence electrons. The van der Waals surface area contributed by atoms with E-state index in [1.54, 1.807) is 0 Å². The van der Waals surface area contributed by atoms with Gasteiger partial charge in [0.1, 0.15) is 0 Å². The van der Waals surface area contributed by atoms with E-state index in [-0.39, 0.29) is 0 Å². The summed E-state index contributed by atoms with van der Waals surface area (Å²) >= 11 is 0. The van der Waals surface area contributed by atoms with Crippen LogP contribution >= 0.6 is 0 Å². The lowest BCUT2D eigenvalue weighted by Crippen LogP contribution is -1.92. The van der Waals surface area contributed by atoms with Gasteiger partial charge in [-0.05, 0) is 61.4 Å². The molecule has 0 spiro atoms. The Morgan fingerprint density at radius 2 is 1.38 bits per heavy atom. The highest BCUT2D eigenvalue weighted by atomic mass is 14.9. The fraction of sp³-hybridized carbons (Fsp3) is 0.143. The molecule has 0 aliphatic rings. The van der Waals surface area contributed by atoms with Crippen LogP contribution in [0.3, 0.4) is 0 Å².